The van der Waals surface area contributed by atoms with Crippen molar-refractivity contribution in [2.75, 3.05) is 12.9 Å². The van der Waals surface area contributed by atoms with Crippen molar-refractivity contribution >= 4 is 34.5 Å². The van der Waals surface area contributed by atoms with Crippen molar-refractivity contribution in [3.63, 3.8) is 0 Å². The molecule has 2 fully saturated rings. The number of hydrogen-bond acceptors (Lipinski definition) is 5. The summed E-state index contributed by atoms with van der Waals surface area (Å²) < 4.78 is 7.07. The van der Waals surface area contributed by atoms with Crippen LogP contribution in [0.4, 0.5) is 4.79 Å². The number of amides is 3. The van der Waals surface area contributed by atoms with Gasteiger partial charge in [0.1, 0.15) is 5.75 Å². The average Bonchev–Trinajstić information content (AvgIpc) is 3.47. The van der Waals surface area contributed by atoms with Crippen LogP contribution < -0.4 is 26.2 Å². The summed E-state index contributed by atoms with van der Waals surface area (Å²) in [4.78, 5) is 37.5. The molecule has 194 valence electrons. The highest BCUT2D eigenvalue weighted by Crippen LogP contribution is 2.34. The number of hydrogen-bond donors (Lipinski definition) is 3. The van der Waals surface area contributed by atoms with E-state index >= 15 is 0 Å². The Bertz CT molecular complexity index is 1370. The predicted octanol–water partition coefficient (Wildman–Crippen LogP) is 3.56. The minimum absolute atomic E-state index is 0.0370. The van der Waals surface area contributed by atoms with Crippen molar-refractivity contribution in [2.24, 2.45) is 7.05 Å². The van der Waals surface area contributed by atoms with E-state index in [0.717, 1.165) is 47.2 Å². The third-order valence-electron chi connectivity index (χ3n) is 7.32. The van der Waals surface area contributed by atoms with Gasteiger partial charge in [-0.15, -0.1) is 0 Å². The number of carbonyl (C=O) groups is 2. The lowest BCUT2D eigenvalue weighted by molar-refractivity contribution is -0.121. The molecule has 2 saturated heterocycles. The number of urea groups is 1. The summed E-state index contributed by atoms with van der Waals surface area (Å²) in [7, 11) is 3.36. The molecule has 3 N–H and O–H groups in total. The fourth-order valence-electron chi connectivity index (χ4n) is 5.35. The van der Waals surface area contributed by atoms with E-state index in [-0.39, 0.29) is 36.1 Å². The topological polar surface area (TPSA) is 101 Å². The number of rotatable bonds is 9. The number of nitrogens with zero attached hydrogens (tertiary/aromatic N) is 1. The lowest BCUT2D eigenvalue weighted by Crippen LogP contribution is -2.36. The third-order valence-corrected chi connectivity index (χ3v) is 8.83. The molecule has 0 spiro atoms. The van der Waals surface area contributed by atoms with Crippen LogP contribution in [0.1, 0.15) is 31.4 Å². The second-order valence-electron chi connectivity index (χ2n) is 9.61. The fourth-order valence-corrected chi connectivity index (χ4v) is 6.89. The second-order valence-corrected chi connectivity index (χ2v) is 10.9. The summed E-state index contributed by atoms with van der Waals surface area (Å²) in [6, 6.07) is 15.7. The summed E-state index contributed by atoms with van der Waals surface area (Å²) in [5.74, 6) is 1.58. The lowest BCUT2D eigenvalue weighted by Gasteiger charge is -2.19. The van der Waals surface area contributed by atoms with Gasteiger partial charge < -0.3 is 25.3 Å². The Labute approximate surface area is 220 Å². The lowest BCUT2D eigenvalue weighted by atomic mass is 9.96. The van der Waals surface area contributed by atoms with Gasteiger partial charge in [0.05, 0.1) is 25.7 Å². The quantitative estimate of drug-likeness (QED) is 0.296. The van der Waals surface area contributed by atoms with Gasteiger partial charge >= 0.3 is 6.03 Å². The Morgan fingerprint density at radius 3 is 2.70 bits per heavy atom. The Balaban J connectivity index is 1.27. The first-order chi connectivity index (χ1) is 18.0. The van der Waals surface area contributed by atoms with Crippen molar-refractivity contribution in [1.29, 1.82) is 0 Å². The maximum Gasteiger partial charge on any atom is 0.315 e. The van der Waals surface area contributed by atoms with Crippen molar-refractivity contribution in [3.8, 4) is 16.9 Å². The molecule has 2 aliphatic rings. The molecule has 1 aromatic heterocycles. The Morgan fingerprint density at radius 1 is 1.11 bits per heavy atom. The molecule has 0 radical (unpaired) electrons. The number of methoxy groups -OCH3 is 1. The Morgan fingerprint density at radius 2 is 1.92 bits per heavy atom. The van der Waals surface area contributed by atoms with E-state index in [4.69, 9.17) is 4.74 Å². The van der Waals surface area contributed by atoms with Crippen molar-refractivity contribution in [2.45, 2.75) is 49.6 Å². The van der Waals surface area contributed by atoms with Crippen LogP contribution in [-0.2, 0) is 18.4 Å². The van der Waals surface area contributed by atoms with Crippen molar-refractivity contribution in [3.05, 3.63) is 64.6 Å². The number of pyridine rings is 1. The van der Waals surface area contributed by atoms with E-state index in [1.54, 1.807) is 30.9 Å². The van der Waals surface area contributed by atoms with Gasteiger partial charge in [-0.3, -0.25) is 9.59 Å². The summed E-state index contributed by atoms with van der Waals surface area (Å²) in [5.41, 5.74) is 2.53. The smallest absolute Gasteiger partial charge is 0.315 e. The number of thioether (sulfide) groups is 1. The normalized spacial score (nSPS) is 20.4. The molecule has 0 saturated carbocycles. The molecule has 3 amide bonds. The molecule has 0 bridgehead atoms. The number of aromatic nitrogens is 1. The summed E-state index contributed by atoms with van der Waals surface area (Å²) in [6.07, 6.45) is 3.10. The molecule has 8 nitrogen and oxygen atoms in total. The van der Waals surface area contributed by atoms with Gasteiger partial charge in [0, 0.05) is 46.5 Å². The molecule has 5 rings (SSSR count). The fraction of sp³-hybridized carbons (Fsp3) is 0.393. The van der Waals surface area contributed by atoms with Gasteiger partial charge in [-0.2, -0.15) is 11.8 Å². The first kappa shape index (κ1) is 25.2. The summed E-state index contributed by atoms with van der Waals surface area (Å²) in [6.45, 7) is 0.252. The summed E-state index contributed by atoms with van der Waals surface area (Å²) >= 11 is 1.89. The van der Waals surface area contributed by atoms with Gasteiger partial charge in [0.15, 0.2) is 0 Å². The Hall–Kier alpha value is -3.46. The highest BCUT2D eigenvalue weighted by Gasteiger charge is 2.42. The molecule has 37 heavy (non-hydrogen) atoms. The number of nitrogens with one attached hydrogen (secondary N) is 3. The van der Waals surface area contributed by atoms with Crippen LogP contribution in [0, 0.1) is 0 Å². The van der Waals surface area contributed by atoms with Crippen LogP contribution in [0.5, 0.6) is 5.75 Å². The molecule has 9 heteroatoms. The number of ether oxygens (including phenoxy) is 1. The number of unbranched alkanes of at least 4 members (excludes halogenated alkanes) is 1. The minimum atomic E-state index is -0.109. The van der Waals surface area contributed by atoms with E-state index in [1.165, 1.54) is 0 Å². The average molecular weight is 521 g/mol. The monoisotopic (exact) mass is 520 g/mol. The maximum atomic E-state index is 13.2. The zero-order valence-corrected chi connectivity index (χ0v) is 21.9. The van der Waals surface area contributed by atoms with Gasteiger partial charge in [0.25, 0.3) is 5.56 Å². The third kappa shape index (κ3) is 5.18. The van der Waals surface area contributed by atoms with E-state index < -0.39 is 0 Å². The number of benzene rings is 2. The molecule has 0 aliphatic carbocycles. The van der Waals surface area contributed by atoms with Gasteiger partial charge in [-0.1, -0.05) is 36.8 Å². The van der Waals surface area contributed by atoms with Gasteiger partial charge in [-0.25, -0.2) is 4.79 Å². The maximum absolute atomic E-state index is 13.2. The van der Waals surface area contributed by atoms with Crippen LogP contribution in [0.3, 0.4) is 0 Å². The molecule has 2 aliphatic heterocycles. The largest absolute Gasteiger partial charge is 0.497 e. The number of fused-ring (bicyclic) bond motifs is 2. The molecule has 2 aromatic carbocycles. The number of carbonyl (C=O) groups excluding carboxylic acids is 2. The molecular weight excluding hydrogens is 488 g/mol. The Kier molecular flexibility index (Phi) is 7.41. The standard InChI is InChI=1S/C28H32N4O4S/c1-32-22(15-29-24(33)11-7-6-10-23-26-21(16-37-23)30-28(35)31-26)25(17-8-4-3-5-9-17)20-14-18(36-2)12-13-19(20)27(32)34/h3-5,8-9,12-14,21,23,26H,6-7,10-11,15-16H2,1-2H3,(H,29,33)(H2,30,31,35). The van der Waals surface area contributed by atoms with Crippen LogP contribution in [-0.4, -0.2) is 46.7 Å². The van der Waals surface area contributed by atoms with Crippen LogP contribution in [0.2, 0.25) is 0 Å². The van der Waals surface area contributed by atoms with Gasteiger partial charge in [-0.05, 0) is 36.6 Å². The SMILES string of the molecule is COc1ccc2c(=O)n(C)c(CNC(=O)CCCCC3SCC4NC(=O)NC43)c(-c3ccccc3)c2c1. The zero-order valence-electron chi connectivity index (χ0n) is 21.1. The van der Waals surface area contributed by atoms with E-state index in [2.05, 4.69) is 16.0 Å². The van der Waals surface area contributed by atoms with E-state index in [9.17, 15) is 14.4 Å². The minimum Gasteiger partial charge on any atom is -0.497 e. The van der Waals surface area contributed by atoms with E-state index in [1.807, 2.05) is 48.2 Å². The van der Waals surface area contributed by atoms with Crippen LogP contribution >= 0.6 is 11.8 Å². The molecule has 3 heterocycles. The highest BCUT2D eigenvalue weighted by atomic mass is 32.2. The van der Waals surface area contributed by atoms with Gasteiger partial charge in [0.2, 0.25) is 5.91 Å². The summed E-state index contributed by atoms with van der Waals surface area (Å²) in [5, 5.41) is 10.8. The zero-order chi connectivity index (χ0) is 25.9. The molecule has 3 atom stereocenters. The predicted molar refractivity (Wildman–Crippen MR) is 147 cm³/mol. The van der Waals surface area contributed by atoms with E-state index in [0.29, 0.717) is 22.8 Å². The van der Waals surface area contributed by atoms with Crippen LogP contribution in [0.25, 0.3) is 21.9 Å². The molecule has 3 unspecified atom stereocenters. The van der Waals surface area contributed by atoms with Crippen molar-refractivity contribution < 1.29 is 14.3 Å². The first-order valence-electron chi connectivity index (χ1n) is 12.7. The molecule has 3 aromatic rings. The van der Waals surface area contributed by atoms with Crippen molar-refractivity contribution in [1.82, 2.24) is 20.5 Å². The van der Waals surface area contributed by atoms with Crippen LogP contribution in [0.15, 0.2) is 53.3 Å². The highest BCUT2D eigenvalue weighted by molar-refractivity contribution is 8.00. The second kappa shape index (κ2) is 10.9. The first-order valence-corrected chi connectivity index (χ1v) is 13.7. The molecular formula is C28H32N4O4S.